The number of hydrogen-bond acceptors (Lipinski definition) is 3. The zero-order valence-electron chi connectivity index (χ0n) is 12.4. The lowest BCUT2D eigenvalue weighted by atomic mass is 10.1. The van der Waals surface area contributed by atoms with Gasteiger partial charge in [-0.05, 0) is 30.5 Å². The van der Waals surface area contributed by atoms with Gasteiger partial charge in [-0.3, -0.25) is 9.59 Å². The fourth-order valence-corrected chi connectivity index (χ4v) is 1.59. The Morgan fingerprint density at radius 1 is 1.19 bits per heavy atom. The predicted octanol–water partition coefficient (Wildman–Crippen LogP) is 2.34. The molecule has 114 valence electrons. The average molecular weight is 310 g/mol. The van der Waals surface area contributed by atoms with E-state index < -0.39 is 5.91 Å². The summed E-state index contributed by atoms with van der Waals surface area (Å²) < 4.78 is 0. The zero-order valence-corrected chi connectivity index (χ0v) is 13.2. The van der Waals surface area contributed by atoms with E-state index in [1.54, 1.807) is 19.1 Å². The van der Waals surface area contributed by atoms with E-state index in [1.165, 1.54) is 0 Å². The maximum atomic E-state index is 11.6. The lowest BCUT2D eigenvalue weighted by molar-refractivity contribution is -0.129. The van der Waals surface area contributed by atoms with Crippen LogP contribution >= 0.6 is 11.6 Å². The molecule has 1 rings (SSSR count). The monoisotopic (exact) mass is 309 g/mol. The van der Waals surface area contributed by atoms with Crippen LogP contribution in [0.15, 0.2) is 29.4 Å². The smallest absolute Gasteiger partial charge is 0.249 e. The van der Waals surface area contributed by atoms with Gasteiger partial charge in [0.2, 0.25) is 11.8 Å². The third kappa shape index (κ3) is 6.90. The average Bonchev–Trinajstić information content (AvgIpc) is 2.43. The highest BCUT2D eigenvalue weighted by atomic mass is 35.5. The maximum absolute atomic E-state index is 11.6. The Hall–Kier alpha value is -1.88. The first-order valence-electron chi connectivity index (χ1n) is 6.74. The van der Waals surface area contributed by atoms with Crippen LogP contribution in [0.2, 0.25) is 5.02 Å². The summed E-state index contributed by atoms with van der Waals surface area (Å²) in [6.45, 7) is 6.29. The van der Waals surface area contributed by atoms with Gasteiger partial charge in [-0.15, -0.1) is 0 Å². The van der Waals surface area contributed by atoms with E-state index in [4.69, 9.17) is 11.6 Å². The molecule has 1 aromatic carbocycles. The highest BCUT2D eigenvalue weighted by Gasteiger charge is 2.09. The second-order valence-corrected chi connectivity index (χ2v) is 5.55. The fourth-order valence-electron chi connectivity index (χ4n) is 1.47. The van der Waals surface area contributed by atoms with Crippen molar-refractivity contribution in [2.75, 3.05) is 6.54 Å². The number of hydrogen-bond donors (Lipinski definition) is 2. The largest absolute Gasteiger partial charge is 0.355 e. The van der Waals surface area contributed by atoms with Crippen LogP contribution in [0.5, 0.6) is 0 Å². The molecule has 0 saturated heterocycles. The SMILES string of the molecule is C/C(=N\NC(=O)CC(=O)NCC(C)C)c1ccc(Cl)cc1. The second-order valence-electron chi connectivity index (χ2n) is 5.11. The van der Waals surface area contributed by atoms with Crippen LogP contribution in [-0.4, -0.2) is 24.1 Å². The van der Waals surface area contributed by atoms with Crippen molar-refractivity contribution in [2.24, 2.45) is 11.0 Å². The number of nitrogens with one attached hydrogen (secondary N) is 2. The summed E-state index contributed by atoms with van der Waals surface area (Å²) in [5.41, 5.74) is 3.86. The first kappa shape index (κ1) is 17.2. The van der Waals surface area contributed by atoms with Crippen LogP contribution in [0, 0.1) is 5.92 Å². The maximum Gasteiger partial charge on any atom is 0.249 e. The van der Waals surface area contributed by atoms with E-state index in [1.807, 2.05) is 26.0 Å². The minimum absolute atomic E-state index is 0.232. The Kier molecular flexibility index (Phi) is 6.88. The van der Waals surface area contributed by atoms with Crippen molar-refractivity contribution in [2.45, 2.75) is 27.2 Å². The van der Waals surface area contributed by atoms with Crippen LogP contribution in [0.3, 0.4) is 0 Å². The fraction of sp³-hybridized carbons (Fsp3) is 0.400. The summed E-state index contributed by atoms with van der Waals surface area (Å²) in [4.78, 5) is 23.1. The van der Waals surface area contributed by atoms with Crippen LogP contribution < -0.4 is 10.7 Å². The van der Waals surface area contributed by atoms with Crippen molar-refractivity contribution in [1.82, 2.24) is 10.7 Å². The number of halogens is 1. The van der Waals surface area contributed by atoms with Crippen LogP contribution in [0.1, 0.15) is 32.8 Å². The van der Waals surface area contributed by atoms with Gasteiger partial charge in [-0.2, -0.15) is 5.10 Å². The van der Waals surface area contributed by atoms with Gasteiger partial charge in [-0.25, -0.2) is 5.43 Å². The van der Waals surface area contributed by atoms with Crippen LogP contribution in [0.25, 0.3) is 0 Å². The lowest BCUT2D eigenvalue weighted by Gasteiger charge is -2.07. The Morgan fingerprint density at radius 3 is 2.38 bits per heavy atom. The van der Waals surface area contributed by atoms with Gasteiger partial charge < -0.3 is 5.32 Å². The minimum atomic E-state index is -0.440. The van der Waals surface area contributed by atoms with E-state index in [-0.39, 0.29) is 12.3 Å². The van der Waals surface area contributed by atoms with E-state index in [0.29, 0.717) is 23.2 Å². The molecule has 5 nitrogen and oxygen atoms in total. The van der Waals surface area contributed by atoms with E-state index >= 15 is 0 Å². The molecule has 0 heterocycles. The van der Waals surface area contributed by atoms with Gasteiger partial charge in [0.15, 0.2) is 0 Å². The molecule has 0 spiro atoms. The number of carbonyl (C=O) groups is 2. The molecule has 1 aromatic rings. The number of rotatable bonds is 6. The summed E-state index contributed by atoms with van der Waals surface area (Å²) >= 11 is 5.80. The Morgan fingerprint density at radius 2 is 1.81 bits per heavy atom. The van der Waals surface area contributed by atoms with Gasteiger partial charge in [0.1, 0.15) is 6.42 Å². The van der Waals surface area contributed by atoms with E-state index in [9.17, 15) is 9.59 Å². The molecule has 2 amide bonds. The molecule has 0 aliphatic heterocycles. The predicted molar refractivity (Wildman–Crippen MR) is 84.3 cm³/mol. The van der Waals surface area contributed by atoms with Crippen molar-refractivity contribution in [3.8, 4) is 0 Å². The first-order chi connectivity index (χ1) is 9.88. The highest BCUT2D eigenvalue weighted by Crippen LogP contribution is 2.10. The Balaban J connectivity index is 2.46. The summed E-state index contributed by atoms with van der Waals surface area (Å²) in [5.74, 6) is -0.396. The summed E-state index contributed by atoms with van der Waals surface area (Å²) in [6.07, 6.45) is -0.232. The topological polar surface area (TPSA) is 70.6 Å². The molecule has 6 heteroatoms. The molecule has 2 N–H and O–H groups in total. The lowest BCUT2D eigenvalue weighted by Crippen LogP contribution is -2.32. The highest BCUT2D eigenvalue weighted by molar-refractivity contribution is 6.30. The normalized spacial score (nSPS) is 11.4. The molecule has 21 heavy (non-hydrogen) atoms. The van der Waals surface area contributed by atoms with Crippen molar-refractivity contribution in [3.63, 3.8) is 0 Å². The molecule has 0 aliphatic carbocycles. The van der Waals surface area contributed by atoms with E-state index in [0.717, 1.165) is 5.56 Å². The molecule has 0 aliphatic rings. The molecule has 0 atom stereocenters. The summed E-state index contributed by atoms with van der Waals surface area (Å²) in [5, 5.41) is 7.28. The molecular weight excluding hydrogens is 290 g/mol. The second kappa shape index (κ2) is 8.42. The van der Waals surface area contributed by atoms with Crippen LogP contribution in [-0.2, 0) is 9.59 Å². The summed E-state index contributed by atoms with van der Waals surface area (Å²) in [6, 6.07) is 7.11. The van der Waals surface area contributed by atoms with Gasteiger partial charge in [0, 0.05) is 11.6 Å². The quantitative estimate of drug-likeness (QED) is 0.481. The van der Waals surface area contributed by atoms with Gasteiger partial charge in [-0.1, -0.05) is 37.6 Å². The van der Waals surface area contributed by atoms with Crippen LogP contribution in [0.4, 0.5) is 0 Å². The van der Waals surface area contributed by atoms with E-state index in [2.05, 4.69) is 15.8 Å². The molecule has 0 saturated carbocycles. The zero-order chi connectivity index (χ0) is 15.8. The van der Waals surface area contributed by atoms with Crippen molar-refractivity contribution in [1.29, 1.82) is 0 Å². The Labute approximate surface area is 129 Å². The van der Waals surface area contributed by atoms with Crippen molar-refractivity contribution in [3.05, 3.63) is 34.9 Å². The first-order valence-corrected chi connectivity index (χ1v) is 7.12. The molecular formula is C15H20ClN3O2. The number of carbonyl (C=O) groups excluding carboxylic acids is 2. The van der Waals surface area contributed by atoms with Crippen molar-refractivity contribution >= 4 is 29.1 Å². The van der Waals surface area contributed by atoms with Gasteiger partial charge >= 0.3 is 0 Å². The molecule has 0 radical (unpaired) electrons. The number of amides is 2. The van der Waals surface area contributed by atoms with Crippen molar-refractivity contribution < 1.29 is 9.59 Å². The Bertz CT molecular complexity index is 524. The molecule has 0 aromatic heterocycles. The van der Waals surface area contributed by atoms with Gasteiger partial charge in [0.25, 0.3) is 0 Å². The number of nitrogens with zero attached hydrogens (tertiary/aromatic N) is 1. The number of benzene rings is 1. The van der Waals surface area contributed by atoms with Gasteiger partial charge in [0.05, 0.1) is 5.71 Å². The molecule has 0 bridgehead atoms. The summed E-state index contributed by atoms with van der Waals surface area (Å²) in [7, 11) is 0. The molecule has 0 unspecified atom stereocenters. The third-order valence-electron chi connectivity index (χ3n) is 2.64. The number of hydrazone groups is 1. The minimum Gasteiger partial charge on any atom is -0.355 e. The standard InChI is InChI=1S/C15H20ClN3O2/c1-10(2)9-17-14(20)8-15(21)19-18-11(3)12-4-6-13(16)7-5-12/h4-7,10H,8-9H2,1-3H3,(H,17,20)(H,19,21)/b18-11+. The molecule has 0 fully saturated rings. The third-order valence-corrected chi connectivity index (χ3v) is 2.89.